The van der Waals surface area contributed by atoms with E-state index in [1.807, 2.05) is 0 Å². The SMILES string of the molecule is CC[C@H]1CN(C(C)c2ccc3c(c2)CCO3)[C@H](CC)CN1. The topological polar surface area (TPSA) is 24.5 Å². The lowest BCUT2D eigenvalue weighted by atomic mass is 9.97. The van der Waals surface area contributed by atoms with Crippen LogP contribution in [0.2, 0.25) is 0 Å². The fourth-order valence-corrected chi connectivity index (χ4v) is 3.67. The van der Waals surface area contributed by atoms with Crippen molar-refractivity contribution in [3.63, 3.8) is 0 Å². The fraction of sp³-hybridized carbons (Fsp3) is 0.667. The van der Waals surface area contributed by atoms with Gasteiger partial charge in [-0.2, -0.15) is 0 Å². The van der Waals surface area contributed by atoms with E-state index in [4.69, 9.17) is 4.74 Å². The van der Waals surface area contributed by atoms with E-state index < -0.39 is 0 Å². The van der Waals surface area contributed by atoms with Gasteiger partial charge in [0.05, 0.1) is 6.61 Å². The molecule has 2 aliphatic heterocycles. The minimum Gasteiger partial charge on any atom is -0.493 e. The zero-order chi connectivity index (χ0) is 14.8. The molecule has 116 valence electrons. The quantitative estimate of drug-likeness (QED) is 0.921. The van der Waals surface area contributed by atoms with Crippen LogP contribution < -0.4 is 10.1 Å². The summed E-state index contributed by atoms with van der Waals surface area (Å²) in [6, 6.07) is 8.54. The summed E-state index contributed by atoms with van der Waals surface area (Å²) in [4.78, 5) is 2.70. The van der Waals surface area contributed by atoms with Crippen molar-refractivity contribution in [3.05, 3.63) is 29.3 Å². The van der Waals surface area contributed by atoms with Gasteiger partial charge in [0.1, 0.15) is 5.75 Å². The highest BCUT2D eigenvalue weighted by Crippen LogP contribution is 2.32. The number of rotatable bonds is 4. The molecule has 0 aliphatic carbocycles. The summed E-state index contributed by atoms with van der Waals surface area (Å²) in [6.07, 6.45) is 3.48. The summed E-state index contributed by atoms with van der Waals surface area (Å²) in [5, 5.41) is 3.69. The van der Waals surface area contributed by atoms with Crippen LogP contribution in [-0.2, 0) is 6.42 Å². The van der Waals surface area contributed by atoms with E-state index in [9.17, 15) is 0 Å². The van der Waals surface area contributed by atoms with Gasteiger partial charge in [-0.15, -0.1) is 0 Å². The van der Waals surface area contributed by atoms with E-state index in [0.29, 0.717) is 18.1 Å². The molecule has 1 aromatic rings. The van der Waals surface area contributed by atoms with E-state index in [1.54, 1.807) is 0 Å². The van der Waals surface area contributed by atoms with Crippen molar-refractivity contribution in [1.82, 2.24) is 10.2 Å². The number of piperazine rings is 1. The molecule has 0 radical (unpaired) electrons. The monoisotopic (exact) mass is 288 g/mol. The van der Waals surface area contributed by atoms with Crippen molar-refractivity contribution in [3.8, 4) is 5.75 Å². The van der Waals surface area contributed by atoms with Gasteiger partial charge in [0.2, 0.25) is 0 Å². The first-order valence-corrected chi connectivity index (χ1v) is 8.47. The van der Waals surface area contributed by atoms with Crippen molar-refractivity contribution in [2.45, 2.75) is 58.2 Å². The number of nitrogens with zero attached hydrogens (tertiary/aromatic N) is 1. The lowest BCUT2D eigenvalue weighted by molar-refractivity contribution is 0.0850. The van der Waals surface area contributed by atoms with Crippen LogP contribution in [0.25, 0.3) is 0 Å². The Labute approximate surface area is 128 Å². The third-order valence-corrected chi connectivity index (χ3v) is 5.20. The zero-order valence-electron chi connectivity index (χ0n) is 13.6. The predicted molar refractivity (Wildman–Crippen MR) is 86.9 cm³/mol. The van der Waals surface area contributed by atoms with Crippen molar-refractivity contribution in [1.29, 1.82) is 0 Å². The Bertz CT molecular complexity index is 488. The molecule has 0 spiro atoms. The smallest absolute Gasteiger partial charge is 0.122 e. The molecule has 0 saturated carbocycles. The molecule has 3 rings (SSSR count). The largest absolute Gasteiger partial charge is 0.493 e. The third-order valence-electron chi connectivity index (χ3n) is 5.20. The predicted octanol–water partition coefficient (Wildman–Crippen LogP) is 3.14. The molecule has 2 aliphatic rings. The summed E-state index contributed by atoms with van der Waals surface area (Å²) in [5.41, 5.74) is 2.82. The van der Waals surface area contributed by atoms with Crippen molar-refractivity contribution in [2.24, 2.45) is 0 Å². The summed E-state index contributed by atoms with van der Waals surface area (Å²) >= 11 is 0. The van der Waals surface area contributed by atoms with E-state index in [1.165, 1.54) is 24.0 Å². The molecule has 2 heterocycles. The second-order valence-electron chi connectivity index (χ2n) is 6.41. The van der Waals surface area contributed by atoms with Gasteiger partial charge in [-0.3, -0.25) is 4.90 Å². The number of hydrogen-bond donors (Lipinski definition) is 1. The van der Waals surface area contributed by atoms with Crippen LogP contribution in [0.4, 0.5) is 0 Å². The highest BCUT2D eigenvalue weighted by atomic mass is 16.5. The zero-order valence-corrected chi connectivity index (χ0v) is 13.6. The van der Waals surface area contributed by atoms with Gasteiger partial charge in [-0.25, -0.2) is 0 Å². The van der Waals surface area contributed by atoms with Crippen LogP contribution in [0, 0.1) is 0 Å². The first-order chi connectivity index (χ1) is 10.2. The Morgan fingerprint density at radius 1 is 1.33 bits per heavy atom. The Hall–Kier alpha value is -1.06. The molecule has 21 heavy (non-hydrogen) atoms. The molecular formula is C18H28N2O. The van der Waals surface area contributed by atoms with Gasteiger partial charge in [0.25, 0.3) is 0 Å². The average molecular weight is 288 g/mol. The summed E-state index contributed by atoms with van der Waals surface area (Å²) in [6.45, 7) is 10.1. The second kappa shape index (κ2) is 6.37. The molecule has 3 atom stereocenters. The molecule has 1 saturated heterocycles. The molecule has 1 fully saturated rings. The first-order valence-electron chi connectivity index (χ1n) is 8.47. The Morgan fingerprint density at radius 2 is 2.19 bits per heavy atom. The van der Waals surface area contributed by atoms with Gasteiger partial charge < -0.3 is 10.1 Å². The standard InChI is InChI=1S/C18H28N2O/c1-4-16-12-20(17(5-2)11-19-16)13(3)14-6-7-18-15(10-14)8-9-21-18/h6-7,10,13,16-17,19H,4-5,8-9,11-12H2,1-3H3/t13?,16-,17+/m0/s1. The van der Waals surface area contributed by atoms with Crippen LogP contribution in [-0.4, -0.2) is 36.7 Å². The fourth-order valence-electron chi connectivity index (χ4n) is 3.67. The molecule has 3 heteroatoms. The van der Waals surface area contributed by atoms with Crippen molar-refractivity contribution < 1.29 is 4.74 Å². The molecule has 1 unspecified atom stereocenters. The van der Waals surface area contributed by atoms with Crippen molar-refractivity contribution >= 4 is 0 Å². The maximum absolute atomic E-state index is 5.63. The maximum Gasteiger partial charge on any atom is 0.122 e. The molecule has 1 aromatic carbocycles. The highest BCUT2D eigenvalue weighted by Gasteiger charge is 2.30. The molecule has 0 amide bonds. The molecule has 0 bridgehead atoms. The van der Waals surface area contributed by atoms with Crippen molar-refractivity contribution in [2.75, 3.05) is 19.7 Å². The van der Waals surface area contributed by atoms with Crippen LogP contribution in [0.1, 0.15) is 50.8 Å². The van der Waals surface area contributed by atoms with Gasteiger partial charge >= 0.3 is 0 Å². The normalized spacial score (nSPS) is 27.2. The first kappa shape index (κ1) is 14.9. The lowest BCUT2D eigenvalue weighted by Gasteiger charge is -2.43. The van der Waals surface area contributed by atoms with E-state index in [-0.39, 0.29) is 0 Å². The Kier molecular flexibility index (Phi) is 4.51. The van der Waals surface area contributed by atoms with Gasteiger partial charge in [-0.05, 0) is 37.0 Å². The summed E-state index contributed by atoms with van der Waals surface area (Å²) in [5.74, 6) is 1.09. The van der Waals surface area contributed by atoms with E-state index >= 15 is 0 Å². The van der Waals surface area contributed by atoms with Crippen LogP contribution in [0.15, 0.2) is 18.2 Å². The Morgan fingerprint density at radius 3 is 2.95 bits per heavy atom. The Balaban J connectivity index is 1.80. The average Bonchev–Trinajstić information content (AvgIpc) is 3.01. The maximum atomic E-state index is 5.63. The number of fused-ring (bicyclic) bond motifs is 1. The molecule has 0 aromatic heterocycles. The number of benzene rings is 1. The molecular weight excluding hydrogens is 260 g/mol. The van der Waals surface area contributed by atoms with Crippen LogP contribution in [0.5, 0.6) is 5.75 Å². The number of hydrogen-bond acceptors (Lipinski definition) is 3. The van der Waals surface area contributed by atoms with Gasteiger partial charge in [0, 0.05) is 37.6 Å². The number of nitrogens with one attached hydrogen (secondary N) is 1. The third kappa shape index (κ3) is 2.95. The summed E-state index contributed by atoms with van der Waals surface area (Å²) in [7, 11) is 0. The van der Waals surface area contributed by atoms with Gasteiger partial charge in [0.15, 0.2) is 0 Å². The second-order valence-corrected chi connectivity index (χ2v) is 6.41. The van der Waals surface area contributed by atoms with Crippen LogP contribution >= 0.6 is 0 Å². The lowest BCUT2D eigenvalue weighted by Crippen LogP contribution is -2.56. The summed E-state index contributed by atoms with van der Waals surface area (Å²) < 4.78 is 5.63. The van der Waals surface area contributed by atoms with E-state index in [2.05, 4.69) is 49.2 Å². The van der Waals surface area contributed by atoms with Gasteiger partial charge in [-0.1, -0.05) is 26.0 Å². The van der Waals surface area contributed by atoms with E-state index in [0.717, 1.165) is 31.9 Å². The minimum atomic E-state index is 0.483. The highest BCUT2D eigenvalue weighted by molar-refractivity contribution is 5.40. The number of ether oxygens (including phenoxy) is 1. The molecule has 3 nitrogen and oxygen atoms in total. The minimum absolute atomic E-state index is 0.483. The molecule has 1 N–H and O–H groups in total. The van der Waals surface area contributed by atoms with Crippen LogP contribution in [0.3, 0.4) is 0 Å².